The SMILES string of the molecule is CCC(=O)N[C@@H](NC(=S)Nc1cccc(C(=O)[O-])c1)C(Cl)(Cl)Cl. The van der Waals surface area contributed by atoms with Crippen molar-refractivity contribution in [3.63, 3.8) is 0 Å². The predicted octanol–water partition coefficient (Wildman–Crippen LogP) is 1.56. The van der Waals surface area contributed by atoms with Crippen LogP contribution < -0.4 is 21.1 Å². The van der Waals surface area contributed by atoms with E-state index in [1.54, 1.807) is 13.0 Å². The lowest BCUT2D eigenvalue weighted by atomic mass is 10.2. The number of carboxylic acid groups (broad SMARTS) is 1. The van der Waals surface area contributed by atoms with Crippen molar-refractivity contribution in [2.75, 3.05) is 5.32 Å². The molecule has 23 heavy (non-hydrogen) atoms. The van der Waals surface area contributed by atoms with Crippen molar-refractivity contribution in [1.29, 1.82) is 0 Å². The monoisotopic (exact) mass is 396 g/mol. The molecule has 1 aromatic rings. The average molecular weight is 398 g/mol. The molecule has 6 nitrogen and oxygen atoms in total. The standard InChI is InChI=1S/C13H14Cl3N3O3S/c1-2-9(20)18-11(13(14,15)16)19-12(23)17-8-5-3-4-7(6-8)10(21)22/h3-6,11H,2H2,1H3,(H,18,20)(H,21,22)(H2,17,19,23)/p-1/t11-/m0/s1. The average Bonchev–Trinajstić information content (AvgIpc) is 2.45. The van der Waals surface area contributed by atoms with Crippen LogP contribution in [0.5, 0.6) is 0 Å². The molecule has 0 saturated heterocycles. The number of halogens is 3. The van der Waals surface area contributed by atoms with Crippen LogP contribution in [-0.4, -0.2) is 26.9 Å². The lowest BCUT2D eigenvalue weighted by Crippen LogP contribution is -2.56. The van der Waals surface area contributed by atoms with Crippen LogP contribution in [0.1, 0.15) is 23.7 Å². The van der Waals surface area contributed by atoms with E-state index in [0.717, 1.165) is 0 Å². The van der Waals surface area contributed by atoms with Crippen molar-refractivity contribution in [2.45, 2.75) is 23.3 Å². The number of anilines is 1. The van der Waals surface area contributed by atoms with Crippen molar-refractivity contribution < 1.29 is 14.7 Å². The molecule has 1 rings (SSSR count). The number of carboxylic acids is 1. The quantitative estimate of drug-likeness (QED) is 0.397. The van der Waals surface area contributed by atoms with Crippen LogP contribution in [0.4, 0.5) is 5.69 Å². The van der Waals surface area contributed by atoms with E-state index in [-0.39, 0.29) is 23.0 Å². The zero-order chi connectivity index (χ0) is 17.6. The zero-order valence-electron chi connectivity index (χ0n) is 11.9. The van der Waals surface area contributed by atoms with Gasteiger partial charge in [0.05, 0.1) is 5.97 Å². The summed E-state index contributed by atoms with van der Waals surface area (Å²) >= 11 is 22.4. The summed E-state index contributed by atoms with van der Waals surface area (Å²) in [7, 11) is 0. The molecule has 126 valence electrons. The summed E-state index contributed by atoms with van der Waals surface area (Å²) < 4.78 is -1.84. The van der Waals surface area contributed by atoms with Crippen molar-refractivity contribution in [3.8, 4) is 0 Å². The molecule has 10 heteroatoms. The van der Waals surface area contributed by atoms with Crippen LogP contribution in [0.15, 0.2) is 24.3 Å². The Balaban J connectivity index is 2.77. The molecule has 0 saturated carbocycles. The van der Waals surface area contributed by atoms with Gasteiger partial charge in [-0.3, -0.25) is 4.79 Å². The Bertz CT molecular complexity index is 608. The van der Waals surface area contributed by atoms with E-state index < -0.39 is 15.9 Å². The van der Waals surface area contributed by atoms with Crippen LogP contribution in [-0.2, 0) is 4.79 Å². The highest BCUT2D eigenvalue weighted by atomic mass is 35.6. The first kappa shape index (κ1) is 19.8. The van der Waals surface area contributed by atoms with Gasteiger partial charge in [-0.05, 0) is 29.9 Å². The second-order valence-corrected chi connectivity index (χ2v) is 7.14. The summed E-state index contributed by atoms with van der Waals surface area (Å²) in [5, 5.41) is 18.7. The molecule has 0 fully saturated rings. The molecule has 0 aromatic heterocycles. The molecular weight excluding hydrogens is 385 g/mol. The minimum Gasteiger partial charge on any atom is -0.545 e. The third-order valence-electron chi connectivity index (χ3n) is 2.59. The highest BCUT2D eigenvalue weighted by Crippen LogP contribution is 2.29. The summed E-state index contributed by atoms with van der Waals surface area (Å²) in [6, 6.07) is 5.82. The maximum Gasteiger partial charge on any atom is 0.228 e. The second-order valence-electron chi connectivity index (χ2n) is 4.36. The van der Waals surface area contributed by atoms with Crippen LogP contribution >= 0.6 is 47.0 Å². The molecule has 0 aliphatic rings. The van der Waals surface area contributed by atoms with Gasteiger partial charge in [-0.25, -0.2) is 0 Å². The molecule has 1 atom stereocenters. The first-order chi connectivity index (χ1) is 10.6. The van der Waals surface area contributed by atoms with Gasteiger partial charge in [-0.1, -0.05) is 53.9 Å². The Morgan fingerprint density at radius 1 is 1.30 bits per heavy atom. The third kappa shape index (κ3) is 6.78. The molecular formula is C13H13Cl3N3O3S-. The van der Waals surface area contributed by atoms with Crippen molar-refractivity contribution in [2.24, 2.45) is 0 Å². The first-order valence-electron chi connectivity index (χ1n) is 6.38. The van der Waals surface area contributed by atoms with E-state index in [1.165, 1.54) is 18.2 Å². The summed E-state index contributed by atoms with van der Waals surface area (Å²) in [6.45, 7) is 1.65. The summed E-state index contributed by atoms with van der Waals surface area (Å²) in [6.07, 6.45) is -0.864. The molecule has 0 radical (unpaired) electrons. The van der Waals surface area contributed by atoms with Crippen molar-refractivity contribution in [1.82, 2.24) is 10.6 Å². The summed E-state index contributed by atoms with van der Waals surface area (Å²) in [5.74, 6) is -1.66. The van der Waals surface area contributed by atoms with Gasteiger partial charge in [0.1, 0.15) is 6.17 Å². The van der Waals surface area contributed by atoms with Gasteiger partial charge >= 0.3 is 0 Å². The summed E-state index contributed by atoms with van der Waals surface area (Å²) in [5.41, 5.74) is 0.379. The van der Waals surface area contributed by atoms with Crippen LogP contribution in [0.25, 0.3) is 0 Å². The Hall–Kier alpha value is -1.28. The maximum absolute atomic E-state index is 11.5. The zero-order valence-corrected chi connectivity index (χ0v) is 14.9. The molecule has 1 amide bonds. The number of carbonyl (C=O) groups is 2. The van der Waals surface area contributed by atoms with Crippen molar-refractivity contribution >= 4 is 69.7 Å². The maximum atomic E-state index is 11.5. The molecule has 0 bridgehead atoms. The fraction of sp³-hybridized carbons (Fsp3) is 0.308. The molecule has 0 aliphatic heterocycles. The lowest BCUT2D eigenvalue weighted by Gasteiger charge is -2.27. The van der Waals surface area contributed by atoms with Crippen LogP contribution in [0.2, 0.25) is 0 Å². The lowest BCUT2D eigenvalue weighted by molar-refractivity contribution is -0.255. The molecule has 3 N–H and O–H groups in total. The number of benzene rings is 1. The molecule has 0 heterocycles. The molecule has 0 spiro atoms. The number of hydrogen-bond acceptors (Lipinski definition) is 4. The van der Waals surface area contributed by atoms with Crippen LogP contribution in [0.3, 0.4) is 0 Å². The minimum absolute atomic E-state index is 0.0185. The van der Waals surface area contributed by atoms with E-state index in [9.17, 15) is 14.7 Å². The number of alkyl halides is 3. The van der Waals surface area contributed by atoms with E-state index in [2.05, 4.69) is 16.0 Å². The fourth-order valence-corrected chi connectivity index (χ4v) is 2.05. The van der Waals surface area contributed by atoms with E-state index in [1.807, 2.05) is 0 Å². The van der Waals surface area contributed by atoms with Gasteiger partial charge in [0.25, 0.3) is 0 Å². The number of thiocarbonyl (C=S) groups is 1. The fourth-order valence-electron chi connectivity index (χ4n) is 1.48. The molecule has 0 unspecified atom stereocenters. The normalized spacial score (nSPS) is 12.2. The van der Waals surface area contributed by atoms with Gasteiger partial charge in [0.2, 0.25) is 9.70 Å². The smallest absolute Gasteiger partial charge is 0.228 e. The second kappa shape index (κ2) is 8.54. The topological polar surface area (TPSA) is 93.3 Å². The van der Waals surface area contributed by atoms with E-state index in [4.69, 9.17) is 47.0 Å². The third-order valence-corrected chi connectivity index (χ3v) is 3.46. The molecule has 1 aromatic carbocycles. The van der Waals surface area contributed by atoms with Gasteiger partial charge in [0.15, 0.2) is 5.11 Å². The number of rotatable bonds is 5. The number of aromatic carboxylic acids is 1. The van der Waals surface area contributed by atoms with Crippen LogP contribution in [0, 0.1) is 0 Å². The first-order valence-corrected chi connectivity index (χ1v) is 7.92. The largest absolute Gasteiger partial charge is 0.545 e. The minimum atomic E-state index is -1.84. The Morgan fingerprint density at radius 2 is 1.96 bits per heavy atom. The number of carbonyl (C=O) groups excluding carboxylic acids is 2. The van der Waals surface area contributed by atoms with Gasteiger partial charge in [0, 0.05) is 12.1 Å². The van der Waals surface area contributed by atoms with Gasteiger partial charge in [-0.15, -0.1) is 0 Å². The molecule has 0 aliphatic carbocycles. The van der Waals surface area contributed by atoms with E-state index >= 15 is 0 Å². The number of nitrogens with one attached hydrogen (secondary N) is 3. The summed E-state index contributed by atoms with van der Waals surface area (Å²) in [4.78, 5) is 22.3. The Labute approximate surface area is 153 Å². The Kier molecular flexibility index (Phi) is 7.34. The van der Waals surface area contributed by atoms with Gasteiger partial charge < -0.3 is 25.9 Å². The number of hydrogen-bond donors (Lipinski definition) is 3. The highest BCUT2D eigenvalue weighted by molar-refractivity contribution is 7.80. The van der Waals surface area contributed by atoms with Crippen molar-refractivity contribution in [3.05, 3.63) is 29.8 Å². The predicted molar refractivity (Wildman–Crippen MR) is 92.6 cm³/mol. The Morgan fingerprint density at radius 3 is 2.48 bits per heavy atom. The highest BCUT2D eigenvalue weighted by Gasteiger charge is 2.34. The van der Waals surface area contributed by atoms with Gasteiger partial charge in [-0.2, -0.15) is 0 Å². The number of amides is 1. The van der Waals surface area contributed by atoms with E-state index in [0.29, 0.717) is 5.69 Å².